The van der Waals surface area contributed by atoms with Gasteiger partial charge in [-0.25, -0.2) is 4.98 Å². The summed E-state index contributed by atoms with van der Waals surface area (Å²) in [5.74, 6) is 0.722. The number of halogens is 1. The summed E-state index contributed by atoms with van der Waals surface area (Å²) in [6, 6.07) is 9.97. The number of nitrogens with zero attached hydrogens (tertiary/aromatic N) is 1. The summed E-state index contributed by atoms with van der Waals surface area (Å²) in [6.07, 6.45) is 0. The molecule has 3 nitrogen and oxygen atoms in total. The molecule has 0 aliphatic heterocycles. The van der Waals surface area contributed by atoms with Crippen LogP contribution in [0.2, 0.25) is 0 Å². The first-order valence-corrected chi connectivity index (χ1v) is 6.25. The zero-order valence-corrected chi connectivity index (χ0v) is 11.6. The van der Waals surface area contributed by atoms with E-state index in [9.17, 15) is 0 Å². The van der Waals surface area contributed by atoms with E-state index in [2.05, 4.69) is 25.9 Å². The predicted octanol–water partition coefficient (Wildman–Crippen LogP) is 3.72. The molecule has 0 unspecified atom stereocenters. The van der Waals surface area contributed by atoms with Crippen molar-refractivity contribution in [3.05, 3.63) is 45.3 Å². The van der Waals surface area contributed by atoms with Gasteiger partial charge < -0.3 is 9.72 Å². The molecule has 2 aromatic rings. The molecule has 0 spiro atoms. The molecule has 1 heterocycles. The largest absolute Gasteiger partial charge is 0.377 e. The predicted molar refractivity (Wildman–Crippen MR) is 73.3 cm³/mol. The standard InChI is InChI=1S/C12H11BrN2OS/c1-16-7-9-14-11(10(13)12(17)15-9)8-5-3-2-4-6-8/h2-6H,7H2,1H3,(H,14,15,17). The highest BCUT2D eigenvalue weighted by Gasteiger charge is 2.07. The Morgan fingerprint density at radius 1 is 1.35 bits per heavy atom. The van der Waals surface area contributed by atoms with Gasteiger partial charge in [-0.15, -0.1) is 0 Å². The first kappa shape index (κ1) is 12.4. The average molecular weight is 311 g/mol. The molecule has 1 aromatic heterocycles. The number of H-pyrrole nitrogens is 1. The minimum Gasteiger partial charge on any atom is -0.377 e. The molecule has 0 saturated heterocycles. The Morgan fingerprint density at radius 3 is 2.71 bits per heavy atom. The molecule has 0 fully saturated rings. The number of ether oxygens (including phenoxy) is 1. The van der Waals surface area contributed by atoms with Gasteiger partial charge in [0, 0.05) is 7.11 Å². The summed E-state index contributed by atoms with van der Waals surface area (Å²) in [4.78, 5) is 7.46. The molecule has 0 bridgehead atoms. The van der Waals surface area contributed by atoms with Crippen LogP contribution >= 0.6 is 28.1 Å². The van der Waals surface area contributed by atoms with Gasteiger partial charge >= 0.3 is 0 Å². The van der Waals surface area contributed by atoms with Crippen LogP contribution in [0.15, 0.2) is 34.8 Å². The van der Waals surface area contributed by atoms with Gasteiger partial charge in [0.25, 0.3) is 0 Å². The molecule has 5 heteroatoms. The van der Waals surface area contributed by atoms with Gasteiger partial charge in [0.2, 0.25) is 0 Å². The van der Waals surface area contributed by atoms with E-state index in [1.165, 1.54) is 0 Å². The molecule has 1 aromatic carbocycles. The highest BCUT2D eigenvalue weighted by Crippen LogP contribution is 2.26. The number of methoxy groups -OCH3 is 1. The van der Waals surface area contributed by atoms with Crippen LogP contribution in [0.4, 0.5) is 0 Å². The zero-order chi connectivity index (χ0) is 12.3. The first-order valence-electron chi connectivity index (χ1n) is 5.05. The summed E-state index contributed by atoms with van der Waals surface area (Å²) < 4.78 is 6.40. The molecule has 17 heavy (non-hydrogen) atoms. The molecule has 0 aliphatic rings. The van der Waals surface area contributed by atoms with Gasteiger partial charge in [-0.2, -0.15) is 0 Å². The highest BCUT2D eigenvalue weighted by molar-refractivity contribution is 9.10. The van der Waals surface area contributed by atoms with Crippen molar-refractivity contribution in [2.75, 3.05) is 7.11 Å². The second-order valence-electron chi connectivity index (χ2n) is 3.48. The van der Waals surface area contributed by atoms with Crippen LogP contribution in [0, 0.1) is 4.64 Å². The van der Waals surface area contributed by atoms with Crippen molar-refractivity contribution >= 4 is 28.1 Å². The van der Waals surface area contributed by atoms with E-state index in [1.54, 1.807) is 7.11 Å². The Kier molecular flexibility index (Phi) is 4.04. The van der Waals surface area contributed by atoms with E-state index in [4.69, 9.17) is 17.0 Å². The van der Waals surface area contributed by atoms with Crippen LogP contribution in [0.5, 0.6) is 0 Å². The van der Waals surface area contributed by atoms with Crippen molar-refractivity contribution in [3.8, 4) is 11.3 Å². The van der Waals surface area contributed by atoms with Gasteiger partial charge in [0.1, 0.15) is 17.1 Å². The Hall–Kier alpha value is -1.04. The van der Waals surface area contributed by atoms with E-state index >= 15 is 0 Å². The number of aromatic nitrogens is 2. The lowest BCUT2D eigenvalue weighted by Gasteiger charge is -2.08. The topological polar surface area (TPSA) is 37.9 Å². The van der Waals surface area contributed by atoms with Crippen molar-refractivity contribution in [2.24, 2.45) is 0 Å². The Balaban J connectivity index is 2.57. The minimum absolute atomic E-state index is 0.413. The van der Waals surface area contributed by atoms with Gasteiger partial charge in [-0.3, -0.25) is 0 Å². The lowest BCUT2D eigenvalue weighted by molar-refractivity contribution is 0.177. The molecule has 88 valence electrons. The lowest BCUT2D eigenvalue weighted by atomic mass is 10.1. The van der Waals surface area contributed by atoms with Crippen LogP contribution in [0.1, 0.15) is 5.82 Å². The van der Waals surface area contributed by atoms with Crippen molar-refractivity contribution in [1.82, 2.24) is 9.97 Å². The minimum atomic E-state index is 0.413. The summed E-state index contributed by atoms with van der Waals surface area (Å²) in [7, 11) is 1.63. The van der Waals surface area contributed by atoms with Crippen LogP contribution in [-0.2, 0) is 11.3 Å². The molecule has 0 saturated carbocycles. The molecule has 0 aliphatic carbocycles. The lowest BCUT2D eigenvalue weighted by Crippen LogP contribution is -2.00. The van der Waals surface area contributed by atoms with Crippen molar-refractivity contribution in [1.29, 1.82) is 0 Å². The second kappa shape index (κ2) is 5.53. The third-order valence-electron chi connectivity index (χ3n) is 2.26. The molecule has 0 atom stereocenters. The van der Waals surface area contributed by atoms with Gasteiger partial charge in [-0.1, -0.05) is 42.5 Å². The fraction of sp³-hybridized carbons (Fsp3) is 0.167. The van der Waals surface area contributed by atoms with Crippen LogP contribution in [0.3, 0.4) is 0 Å². The second-order valence-corrected chi connectivity index (χ2v) is 4.66. The summed E-state index contributed by atoms with van der Waals surface area (Å²) in [5.41, 5.74) is 1.99. The number of hydrogen-bond donors (Lipinski definition) is 1. The van der Waals surface area contributed by atoms with Crippen LogP contribution < -0.4 is 0 Å². The number of rotatable bonds is 3. The Bertz CT molecular complexity index is 568. The SMILES string of the molecule is COCc1nc(=S)c(Br)c(-c2ccccc2)[nH]1. The first-order chi connectivity index (χ1) is 8.22. The van der Waals surface area contributed by atoms with E-state index in [-0.39, 0.29) is 0 Å². The third-order valence-corrected chi connectivity index (χ3v) is 3.59. The fourth-order valence-electron chi connectivity index (χ4n) is 1.51. The van der Waals surface area contributed by atoms with Crippen molar-refractivity contribution < 1.29 is 4.74 Å². The third kappa shape index (κ3) is 2.80. The maximum absolute atomic E-state index is 5.21. The summed E-state index contributed by atoms with van der Waals surface area (Å²) in [5, 5.41) is 0. The molecule has 2 rings (SSSR count). The molecular formula is C12H11BrN2OS. The number of hydrogen-bond acceptors (Lipinski definition) is 3. The monoisotopic (exact) mass is 310 g/mol. The van der Waals surface area contributed by atoms with E-state index in [0.29, 0.717) is 11.2 Å². The van der Waals surface area contributed by atoms with Crippen molar-refractivity contribution in [2.45, 2.75) is 6.61 Å². The number of benzene rings is 1. The van der Waals surface area contributed by atoms with Crippen molar-refractivity contribution in [3.63, 3.8) is 0 Å². The van der Waals surface area contributed by atoms with E-state index < -0.39 is 0 Å². The normalized spacial score (nSPS) is 10.5. The Morgan fingerprint density at radius 2 is 2.06 bits per heavy atom. The number of nitrogens with one attached hydrogen (secondary N) is 1. The quantitative estimate of drug-likeness (QED) is 0.878. The summed E-state index contributed by atoms with van der Waals surface area (Å²) >= 11 is 8.67. The molecular weight excluding hydrogens is 300 g/mol. The maximum atomic E-state index is 5.21. The van der Waals surface area contributed by atoms with Gasteiger partial charge in [0.05, 0.1) is 10.2 Å². The molecule has 0 amide bonds. The smallest absolute Gasteiger partial charge is 0.144 e. The van der Waals surface area contributed by atoms with Crippen LogP contribution in [-0.4, -0.2) is 17.1 Å². The molecule has 0 radical (unpaired) electrons. The van der Waals surface area contributed by atoms with E-state index in [1.807, 2.05) is 30.3 Å². The van der Waals surface area contributed by atoms with Gasteiger partial charge in [0.15, 0.2) is 0 Å². The van der Waals surface area contributed by atoms with Crippen LogP contribution in [0.25, 0.3) is 11.3 Å². The molecule has 1 N–H and O–H groups in total. The average Bonchev–Trinajstić information content (AvgIpc) is 2.35. The zero-order valence-electron chi connectivity index (χ0n) is 9.24. The Labute approximate surface area is 113 Å². The maximum Gasteiger partial charge on any atom is 0.144 e. The fourth-order valence-corrected chi connectivity index (χ4v) is 2.14. The highest BCUT2D eigenvalue weighted by atomic mass is 79.9. The van der Waals surface area contributed by atoms with Gasteiger partial charge in [-0.05, 0) is 21.5 Å². The summed E-state index contributed by atoms with van der Waals surface area (Å²) in [6.45, 7) is 0.413. The van der Waals surface area contributed by atoms with E-state index in [0.717, 1.165) is 21.6 Å². The number of aromatic amines is 1.